The molecule has 0 N–H and O–H groups in total. The monoisotopic (exact) mass is 268 g/mol. The maximum absolute atomic E-state index is 11.2. The second kappa shape index (κ2) is 6.90. The molecule has 0 aromatic heterocycles. The van der Waals surface area contributed by atoms with Gasteiger partial charge in [-0.3, -0.25) is 4.79 Å². The van der Waals surface area contributed by atoms with Crippen molar-refractivity contribution in [2.24, 2.45) is 0 Å². The van der Waals surface area contributed by atoms with Crippen molar-refractivity contribution in [3.8, 4) is 5.75 Å². The fourth-order valence-electron chi connectivity index (χ4n) is 2.31. The van der Waals surface area contributed by atoms with Crippen molar-refractivity contribution >= 4 is 6.29 Å². The average molecular weight is 268 g/mol. The minimum absolute atomic E-state index is 0.549. The molecule has 0 atom stereocenters. The van der Waals surface area contributed by atoms with Crippen LogP contribution in [0.5, 0.6) is 5.75 Å². The van der Waals surface area contributed by atoms with Gasteiger partial charge in [-0.05, 0) is 41.7 Å². The van der Waals surface area contributed by atoms with Crippen LogP contribution in [0, 0.1) is 0 Å². The molecule has 20 heavy (non-hydrogen) atoms. The van der Waals surface area contributed by atoms with Crippen LogP contribution in [0.2, 0.25) is 0 Å². The highest BCUT2D eigenvalue weighted by molar-refractivity contribution is 5.80. The summed E-state index contributed by atoms with van der Waals surface area (Å²) in [5, 5.41) is 0. The van der Waals surface area contributed by atoms with E-state index in [1.165, 1.54) is 0 Å². The molecular formula is C18H20O2. The van der Waals surface area contributed by atoms with E-state index in [0.29, 0.717) is 6.61 Å². The van der Waals surface area contributed by atoms with E-state index in [1.54, 1.807) is 0 Å². The molecule has 0 fully saturated rings. The van der Waals surface area contributed by atoms with E-state index in [9.17, 15) is 4.79 Å². The van der Waals surface area contributed by atoms with Gasteiger partial charge in [0, 0.05) is 5.56 Å². The molecule has 0 saturated heterocycles. The first kappa shape index (κ1) is 14.3. The van der Waals surface area contributed by atoms with Crippen molar-refractivity contribution in [2.75, 3.05) is 0 Å². The normalized spacial score (nSPS) is 10.3. The summed E-state index contributed by atoms with van der Waals surface area (Å²) in [5.74, 6) is 0.841. The summed E-state index contributed by atoms with van der Waals surface area (Å²) in [5.41, 5.74) is 4.08. The Labute approximate surface area is 120 Å². The highest BCUT2D eigenvalue weighted by Gasteiger charge is 2.09. The summed E-state index contributed by atoms with van der Waals surface area (Å²) in [4.78, 5) is 11.2. The molecule has 0 saturated carbocycles. The lowest BCUT2D eigenvalue weighted by atomic mass is 9.98. The third kappa shape index (κ3) is 3.27. The zero-order valence-electron chi connectivity index (χ0n) is 12.1. The third-order valence-corrected chi connectivity index (χ3v) is 3.45. The summed E-state index contributed by atoms with van der Waals surface area (Å²) in [7, 11) is 0. The van der Waals surface area contributed by atoms with Gasteiger partial charge < -0.3 is 4.74 Å². The Hall–Kier alpha value is -2.09. The summed E-state index contributed by atoms with van der Waals surface area (Å²) in [6, 6.07) is 14.0. The van der Waals surface area contributed by atoms with Crippen LogP contribution < -0.4 is 4.74 Å². The Morgan fingerprint density at radius 2 is 1.60 bits per heavy atom. The van der Waals surface area contributed by atoms with Crippen LogP contribution in [-0.4, -0.2) is 6.29 Å². The Morgan fingerprint density at radius 1 is 1.00 bits per heavy atom. The van der Waals surface area contributed by atoms with Crippen LogP contribution in [0.3, 0.4) is 0 Å². The van der Waals surface area contributed by atoms with Crippen LogP contribution in [0.4, 0.5) is 0 Å². The number of carbonyl (C=O) groups excluding carboxylic acids is 1. The molecule has 2 aromatic carbocycles. The van der Waals surface area contributed by atoms with E-state index in [-0.39, 0.29) is 0 Å². The van der Waals surface area contributed by atoms with Crippen molar-refractivity contribution in [1.82, 2.24) is 0 Å². The number of ether oxygens (including phenoxy) is 1. The molecule has 0 aliphatic heterocycles. The largest absolute Gasteiger partial charge is 0.489 e. The van der Waals surface area contributed by atoms with Gasteiger partial charge >= 0.3 is 0 Å². The van der Waals surface area contributed by atoms with E-state index >= 15 is 0 Å². The molecule has 2 aromatic rings. The number of benzene rings is 2. The van der Waals surface area contributed by atoms with E-state index in [2.05, 4.69) is 13.8 Å². The minimum atomic E-state index is 0.549. The molecule has 2 nitrogen and oxygen atoms in total. The lowest BCUT2D eigenvalue weighted by molar-refractivity contribution is 0.112. The summed E-state index contributed by atoms with van der Waals surface area (Å²) >= 11 is 0. The lowest BCUT2D eigenvalue weighted by Crippen LogP contribution is -2.01. The van der Waals surface area contributed by atoms with Crippen LogP contribution in [0.25, 0.3) is 0 Å². The average Bonchev–Trinajstić information content (AvgIpc) is 2.52. The number of carbonyl (C=O) groups is 1. The number of rotatable bonds is 6. The third-order valence-electron chi connectivity index (χ3n) is 3.45. The van der Waals surface area contributed by atoms with Crippen LogP contribution in [0.15, 0.2) is 42.5 Å². The number of hydrogen-bond acceptors (Lipinski definition) is 2. The summed E-state index contributed by atoms with van der Waals surface area (Å²) in [6.07, 6.45) is 2.63. The zero-order valence-corrected chi connectivity index (χ0v) is 12.1. The summed E-state index contributed by atoms with van der Waals surface area (Å²) in [6.45, 7) is 4.67. The van der Waals surface area contributed by atoms with Crippen molar-refractivity contribution in [2.45, 2.75) is 33.3 Å². The SMILES string of the molecule is CCc1cc(OCc2ccccc2)cc(CC)c1C=O. The van der Waals surface area contributed by atoms with Crippen molar-refractivity contribution in [1.29, 1.82) is 0 Å². The topological polar surface area (TPSA) is 26.3 Å². The molecule has 2 heteroatoms. The Morgan fingerprint density at radius 3 is 2.10 bits per heavy atom. The van der Waals surface area contributed by atoms with Gasteiger partial charge in [-0.1, -0.05) is 44.2 Å². The molecule has 2 rings (SSSR count). The second-order valence-electron chi connectivity index (χ2n) is 4.75. The molecule has 0 unspecified atom stereocenters. The minimum Gasteiger partial charge on any atom is -0.489 e. The van der Waals surface area contributed by atoms with Gasteiger partial charge in [0.2, 0.25) is 0 Å². The highest BCUT2D eigenvalue weighted by atomic mass is 16.5. The maximum Gasteiger partial charge on any atom is 0.150 e. The predicted octanol–water partition coefficient (Wildman–Crippen LogP) is 4.20. The molecule has 0 amide bonds. The molecule has 0 aliphatic carbocycles. The van der Waals surface area contributed by atoms with E-state index in [1.807, 2.05) is 42.5 Å². The number of aryl methyl sites for hydroxylation is 2. The van der Waals surface area contributed by atoms with E-state index in [0.717, 1.165) is 47.1 Å². The fraction of sp³-hybridized carbons (Fsp3) is 0.278. The van der Waals surface area contributed by atoms with Crippen molar-refractivity contribution < 1.29 is 9.53 Å². The lowest BCUT2D eigenvalue weighted by Gasteiger charge is -2.13. The molecule has 0 spiro atoms. The van der Waals surface area contributed by atoms with Crippen LogP contribution in [0.1, 0.15) is 40.9 Å². The predicted molar refractivity (Wildman–Crippen MR) is 81.4 cm³/mol. The van der Waals surface area contributed by atoms with Gasteiger partial charge in [0.1, 0.15) is 12.4 Å². The fourth-order valence-corrected chi connectivity index (χ4v) is 2.31. The van der Waals surface area contributed by atoms with Crippen molar-refractivity contribution in [3.63, 3.8) is 0 Å². The highest BCUT2D eigenvalue weighted by Crippen LogP contribution is 2.23. The Bertz CT molecular complexity index is 548. The van der Waals surface area contributed by atoms with Gasteiger partial charge in [0.05, 0.1) is 0 Å². The maximum atomic E-state index is 11.2. The number of hydrogen-bond donors (Lipinski definition) is 0. The van der Waals surface area contributed by atoms with Gasteiger partial charge in [-0.15, -0.1) is 0 Å². The van der Waals surface area contributed by atoms with E-state index in [4.69, 9.17) is 4.74 Å². The standard InChI is InChI=1S/C18H20O2/c1-3-15-10-17(11-16(4-2)18(15)12-19)20-13-14-8-6-5-7-9-14/h5-12H,3-4,13H2,1-2H3. The second-order valence-corrected chi connectivity index (χ2v) is 4.75. The summed E-state index contributed by atoms with van der Waals surface area (Å²) < 4.78 is 5.86. The molecule has 0 radical (unpaired) electrons. The molecule has 0 aliphatic rings. The first-order chi connectivity index (χ1) is 9.78. The molecule has 0 heterocycles. The van der Waals surface area contributed by atoms with Crippen LogP contribution >= 0.6 is 0 Å². The molecular weight excluding hydrogens is 248 g/mol. The number of aldehydes is 1. The Balaban J connectivity index is 2.22. The van der Waals surface area contributed by atoms with E-state index < -0.39 is 0 Å². The van der Waals surface area contributed by atoms with Gasteiger partial charge in [0.25, 0.3) is 0 Å². The molecule has 0 bridgehead atoms. The molecule has 104 valence electrons. The van der Waals surface area contributed by atoms with Gasteiger partial charge in [0.15, 0.2) is 6.29 Å². The van der Waals surface area contributed by atoms with Crippen molar-refractivity contribution in [3.05, 3.63) is 64.7 Å². The van der Waals surface area contributed by atoms with Gasteiger partial charge in [-0.25, -0.2) is 0 Å². The van der Waals surface area contributed by atoms with Crippen LogP contribution in [-0.2, 0) is 19.4 Å². The Kier molecular flexibility index (Phi) is 4.94. The first-order valence-electron chi connectivity index (χ1n) is 7.06. The first-order valence-corrected chi connectivity index (χ1v) is 7.06. The smallest absolute Gasteiger partial charge is 0.150 e. The van der Waals surface area contributed by atoms with Gasteiger partial charge in [-0.2, -0.15) is 0 Å². The quantitative estimate of drug-likeness (QED) is 0.734. The zero-order chi connectivity index (χ0) is 14.4.